The fourth-order valence-corrected chi connectivity index (χ4v) is 2.40. The number of aryl methyl sites for hydroxylation is 1. The lowest BCUT2D eigenvalue weighted by Gasteiger charge is -2.27. The highest BCUT2D eigenvalue weighted by molar-refractivity contribution is 7.09. The third-order valence-electron chi connectivity index (χ3n) is 2.55. The van der Waals surface area contributed by atoms with Gasteiger partial charge in [-0.25, -0.2) is 4.98 Å². The Bertz CT molecular complexity index is 373. The molecule has 7 heteroatoms. The molecule has 0 saturated carbocycles. The summed E-state index contributed by atoms with van der Waals surface area (Å²) in [6.07, 6.45) is 0.829. The van der Waals surface area contributed by atoms with Crippen LogP contribution in [-0.4, -0.2) is 24.5 Å². The number of nitrogens with one attached hydrogen (secondary N) is 2. The van der Waals surface area contributed by atoms with Gasteiger partial charge in [-0.3, -0.25) is 4.79 Å². The highest BCUT2D eigenvalue weighted by Gasteiger charge is 2.29. The average molecular weight is 314 g/mol. The number of hydrogen-bond acceptors (Lipinski definition) is 4. The van der Waals surface area contributed by atoms with Crippen molar-refractivity contribution in [1.29, 1.82) is 0 Å². The summed E-state index contributed by atoms with van der Waals surface area (Å²) in [5.74, 6) is -0.000275. The quantitative estimate of drug-likeness (QED) is 0.876. The van der Waals surface area contributed by atoms with Crippen LogP contribution >= 0.6 is 36.2 Å². The molecule has 18 heavy (non-hydrogen) atoms. The van der Waals surface area contributed by atoms with E-state index in [2.05, 4.69) is 22.5 Å². The normalized spacial score (nSPS) is 12.9. The zero-order valence-electron chi connectivity index (χ0n) is 11.1. The molecule has 0 bridgehead atoms. The Morgan fingerprint density at radius 2 is 2.11 bits per heavy atom. The lowest BCUT2D eigenvalue weighted by molar-refractivity contribution is -0.122. The van der Waals surface area contributed by atoms with Gasteiger partial charge in [0.05, 0.1) is 12.1 Å². The minimum Gasteiger partial charge on any atom is -0.343 e. The predicted octanol–water partition coefficient (Wildman–Crippen LogP) is 2.26. The molecule has 1 aromatic rings. The molecule has 0 spiro atoms. The summed E-state index contributed by atoms with van der Waals surface area (Å²) in [6, 6.07) is 0. The number of hydrogen-bond donors (Lipinski definition) is 2. The standard InChI is InChI=1S/C11H19N3OS.2ClH/c1-5-11(3,14-9(15)6-12-4)10-13-8(2)7-16-10;;/h7,12H,5-6H2,1-4H3,(H,14,15);2*1H. The van der Waals surface area contributed by atoms with E-state index in [9.17, 15) is 4.79 Å². The zero-order chi connectivity index (χ0) is 12.2. The van der Waals surface area contributed by atoms with Crippen LogP contribution in [0.5, 0.6) is 0 Å². The third-order valence-corrected chi connectivity index (χ3v) is 3.77. The van der Waals surface area contributed by atoms with Gasteiger partial charge in [-0.2, -0.15) is 0 Å². The highest BCUT2D eigenvalue weighted by Crippen LogP contribution is 2.27. The number of aromatic nitrogens is 1. The van der Waals surface area contributed by atoms with Crippen molar-refractivity contribution in [1.82, 2.24) is 15.6 Å². The molecule has 0 aliphatic heterocycles. The van der Waals surface area contributed by atoms with Gasteiger partial charge in [0.15, 0.2) is 0 Å². The molecule has 1 unspecified atom stereocenters. The molecule has 2 N–H and O–H groups in total. The molecule has 1 aromatic heterocycles. The van der Waals surface area contributed by atoms with Crippen LogP contribution in [0.3, 0.4) is 0 Å². The minimum atomic E-state index is -0.354. The van der Waals surface area contributed by atoms with E-state index in [0.29, 0.717) is 6.54 Å². The van der Waals surface area contributed by atoms with Crippen LogP contribution in [0, 0.1) is 6.92 Å². The number of rotatable bonds is 5. The van der Waals surface area contributed by atoms with Crippen LogP contribution in [-0.2, 0) is 10.3 Å². The van der Waals surface area contributed by atoms with Crippen molar-refractivity contribution in [2.24, 2.45) is 0 Å². The number of carbonyl (C=O) groups excluding carboxylic acids is 1. The summed E-state index contributed by atoms with van der Waals surface area (Å²) < 4.78 is 0. The van der Waals surface area contributed by atoms with Crippen LogP contribution in [0.25, 0.3) is 0 Å². The number of nitrogens with zero attached hydrogens (tertiary/aromatic N) is 1. The van der Waals surface area contributed by atoms with E-state index in [1.54, 1.807) is 18.4 Å². The maximum absolute atomic E-state index is 11.6. The van der Waals surface area contributed by atoms with Crippen molar-refractivity contribution in [3.8, 4) is 0 Å². The molecule has 0 aliphatic rings. The van der Waals surface area contributed by atoms with E-state index in [1.807, 2.05) is 19.2 Å². The monoisotopic (exact) mass is 313 g/mol. The summed E-state index contributed by atoms with van der Waals surface area (Å²) in [6.45, 7) is 6.36. The van der Waals surface area contributed by atoms with Gasteiger partial charge in [-0.15, -0.1) is 36.2 Å². The van der Waals surface area contributed by atoms with Crippen LogP contribution in [0.4, 0.5) is 0 Å². The maximum Gasteiger partial charge on any atom is 0.234 e. The Kier molecular flexibility index (Phi) is 9.64. The SMILES string of the molecule is CCC(C)(NC(=O)CNC)c1nc(C)cs1.Cl.Cl. The highest BCUT2D eigenvalue weighted by atomic mass is 35.5. The van der Waals surface area contributed by atoms with Crippen LogP contribution in [0.1, 0.15) is 31.0 Å². The third kappa shape index (κ3) is 5.10. The minimum absolute atomic E-state index is 0. The Morgan fingerprint density at radius 3 is 2.50 bits per heavy atom. The molecule has 1 amide bonds. The first kappa shape index (κ1) is 20.0. The number of halogens is 2. The first-order valence-electron chi connectivity index (χ1n) is 5.40. The fourth-order valence-electron chi connectivity index (χ4n) is 1.41. The van der Waals surface area contributed by atoms with Gasteiger partial charge < -0.3 is 10.6 Å². The number of likely N-dealkylation sites (N-methyl/N-ethyl adjacent to an activating group) is 1. The van der Waals surface area contributed by atoms with Crippen molar-refractivity contribution in [3.05, 3.63) is 16.1 Å². The average Bonchev–Trinajstić information content (AvgIpc) is 2.65. The fraction of sp³-hybridized carbons (Fsp3) is 0.636. The predicted molar refractivity (Wildman–Crippen MR) is 81.1 cm³/mol. The number of carbonyl (C=O) groups is 1. The van der Waals surface area contributed by atoms with Gasteiger partial charge in [-0.1, -0.05) is 6.92 Å². The second-order valence-electron chi connectivity index (χ2n) is 4.06. The second-order valence-corrected chi connectivity index (χ2v) is 4.92. The molecule has 0 fully saturated rings. The molecule has 0 aliphatic carbocycles. The summed E-state index contributed by atoms with van der Waals surface area (Å²) in [5.41, 5.74) is 0.648. The van der Waals surface area contributed by atoms with Gasteiger partial charge >= 0.3 is 0 Å². The number of thiazole rings is 1. The van der Waals surface area contributed by atoms with Crippen LogP contribution in [0.15, 0.2) is 5.38 Å². The summed E-state index contributed by atoms with van der Waals surface area (Å²) >= 11 is 1.59. The van der Waals surface area contributed by atoms with E-state index in [1.165, 1.54) is 0 Å². The first-order valence-corrected chi connectivity index (χ1v) is 6.28. The van der Waals surface area contributed by atoms with E-state index in [4.69, 9.17) is 0 Å². The van der Waals surface area contributed by atoms with Crippen molar-refractivity contribution in [2.45, 2.75) is 32.7 Å². The summed E-state index contributed by atoms with van der Waals surface area (Å²) in [4.78, 5) is 16.1. The zero-order valence-corrected chi connectivity index (χ0v) is 13.5. The molecular formula is C11H21Cl2N3OS. The molecule has 0 aromatic carbocycles. The molecule has 1 heterocycles. The van der Waals surface area contributed by atoms with Crippen molar-refractivity contribution >= 4 is 42.1 Å². The maximum atomic E-state index is 11.6. The Morgan fingerprint density at radius 1 is 1.50 bits per heavy atom. The van der Waals surface area contributed by atoms with Gasteiger partial charge in [0.25, 0.3) is 0 Å². The van der Waals surface area contributed by atoms with Crippen molar-refractivity contribution < 1.29 is 4.79 Å². The van der Waals surface area contributed by atoms with E-state index >= 15 is 0 Å². The lowest BCUT2D eigenvalue weighted by Crippen LogP contribution is -2.46. The Labute approximate surface area is 125 Å². The van der Waals surface area contributed by atoms with Gasteiger partial charge in [0, 0.05) is 11.1 Å². The first-order chi connectivity index (χ1) is 7.51. The summed E-state index contributed by atoms with van der Waals surface area (Å²) in [7, 11) is 1.76. The Hall–Kier alpha value is -0.360. The molecule has 106 valence electrons. The topological polar surface area (TPSA) is 54.0 Å². The molecule has 1 rings (SSSR count). The second kappa shape index (κ2) is 8.69. The molecular weight excluding hydrogens is 293 g/mol. The molecule has 0 saturated heterocycles. The van der Waals surface area contributed by atoms with Gasteiger partial charge in [0.2, 0.25) is 5.91 Å². The summed E-state index contributed by atoms with van der Waals surface area (Å²) in [5, 5.41) is 8.84. The number of amides is 1. The van der Waals surface area contributed by atoms with Crippen molar-refractivity contribution in [2.75, 3.05) is 13.6 Å². The smallest absolute Gasteiger partial charge is 0.234 e. The van der Waals surface area contributed by atoms with Crippen LogP contribution < -0.4 is 10.6 Å². The lowest BCUT2D eigenvalue weighted by atomic mass is 10.00. The molecule has 1 atom stereocenters. The van der Waals surface area contributed by atoms with Gasteiger partial charge in [-0.05, 0) is 27.3 Å². The Balaban J connectivity index is 0. The van der Waals surface area contributed by atoms with Crippen molar-refractivity contribution in [3.63, 3.8) is 0 Å². The molecule has 4 nitrogen and oxygen atoms in total. The van der Waals surface area contributed by atoms with Gasteiger partial charge in [0.1, 0.15) is 5.01 Å². The van der Waals surface area contributed by atoms with E-state index in [-0.39, 0.29) is 36.3 Å². The van der Waals surface area contributed by atoms with E-state index in [0.717, 1.165) is 17.1 Å². The largest absolute Gasteiger partial charge is 0.343 e. The van der Waals surface area contributed by atoms with E-state index < -0.39 is 0 Å². The van der Waals surface area contributed by atoms with Crippen LogP contribution in [0.2, 0.25) is 0 Å². The molecule has 0 radical (unpaired) electrons.